The fraction of sp³-hybridized carbons (Fsp3) is 0.579. The lowest BCUT2D eigenvalue weighted by Crippen LogP contribution is -2.46. The molecule has 0 radical (unpaired) electrons. The molecule has 1 saturated heterocycles. The van der Waals surface area contributed by atoms with Crippen molar-refractivity contribution in [2.45, 2.75) is 39.8 Å². The van der Waals surface area contributed by atoms with E-state index in [1.54, 1.807) is 0 Å². The Morgan fingerprint density at radius 1 is 1.15 bits per heavy atom. The van der Waals surface area contributed by atoms with E-state index < -0.39 is 18.0 Å². The number of amides is 2. The van der Waals surface area contributed by atoms with Gasteiger partial charge < -0.3 is 10.6 Å². The Labute approximate surface area is 157 Å². The summed E-state index contributed by atoms with van der Waals surface area (Å²) >= 11 is 0. The number of alkyl halides is 3. The smallest absolute Gasteiger partial charge is 0.346 e. The third-order valence-corrected chi connectivity index (χ3v) is 4.72. The van der Waals surface area contributed by atoms with Crippen molar-refractivity contribution in [3.05, 3.63) is 28.8 Å². The number of rotatable bonds is 5. The van der Waals surface area contributed by atoms with Crippen molar-refractivity contribution in [2.24, 2.45) is 5.92 Å². The molecule has 5 nitrogen and oxygen atoms in total. The minimum absolute atomic E-state index is 0.0965. The average Bonchev–Trinajstić information content (AvgIpc) is 2.56. The number of aryl methyl sites for hydroxylation is 3. The van der Waals surface area contributed by atoms with Crippen molar-refractivity contribution in [3.8, 4) is 0 Å². The Morgan fingerprint density at radius 2 is 1.78 bits per heavy atom. The number of nitrogens with zero attached hydrogens (tertiary/aromatic N) is 1. The highest BCUT2D eigenvalue weighted by Gasteiger charge is 2.41. The van der Waals surface area contributed by atoms with E-state index in [0.717, 1.165) is 16.7 Å². The zero-order valence-corrected chi connectivity index (χ0v) is 15.9. The minimum atomic E-state index is -4.24. The van der Waals surface area contributed by atoms with E-state index in [4.69, 9.17) is 0 Å². The number of anilines is 1. The van der Waals surface area contributed by atoms with E-state index in [1.807, 2.05) is 32.9 Å². The van der Waals surface area contributed by atoms with E-state index in [-0.39, 0.29) is 32.0 Å². The topological polar surface area (TPSA) is 61.4 Å². The lowest BCUT2D eigenvalue weighted by atomic mass is 9.97. The Balaban J connectivity index is 1.81. The molecule has 0 aromatic heterocycles. The summed E-state index contributed by atoms with van der Waals surface area (Å²) in [5.74, 6) is -2.22. The van der Waals surface area contributed by atoms with Crippen LogP contribution in [0.4, 0.5) is 18.9 Å². The Morgan fingerprint density at radius 3 is 2.37 bits per heavy atom. The number of carbonyl (C=O) groups is 2. The van der Waals surface area contributed by atoms with Gasteiger partial charge in [-0.05, 0) is 51.3 Å². The van der Waals surface area contributed by atoms with Crippen LogP contribution in [0.25, 0.3) is 0 Å². The van der Waals surface area contributed by atoms with Crippen LogP contribution < -0.4 is 10.6 Å². The third-order valence-electron chi connectivity index (χ3n) is 4.72. The second-order valence-electron chi connectivity index (χ2n) is 7.21. The predicted octanol–water partition coefficient (Wildman–Crippen LogP) is 2.94. The van der Waals surface area contributed by atoms with Crippen molar-refractivity contribution >= 4 is 17.5 Å². The quantitative estimate of drug-likeness (QED) is 0.819. The summed E-state index contributed by atoms with van der Waals surface area (Å²) in [5.41, 5.74) is 3.66. The number of piperidine rings is 1. The highest BCUT2D eigenvalue weighted by Crippen LogP contribution is 2.32. The summed E-state index contributed by atoms with van der Waals surface area (Å²) in [4.78, 5) is 25.6. The maximum Gasteiger partial charge on any atom is 0.393 e. The standard InChI is InChI=1S/C19H26F3N3O2/c1-12-7-13(2)18(14(3)8-12)24-16(26)9-23-17(27)11-25-6-4-5-15(10-25)19(20,21)22/h7-8,15H,4-6,9-11H2,1-3H3,(H,23,27)(H,24,26). The van der Waals surface area contributed by atoms with Crippen LogP contribution in [0.3, 0.4) is 0 Å². The number of halogens is 3. The van der Waals surface area contributed by atoms with Gasteiger partial charge in [-0.1, -0.05) is 17.7 Å². The first kappa shape index (κ1) is 21.2. The average molecular weight is 385 g/mol. The highest BCUT2D eigenvalue weighted by atomic mass is 19.4. The van der Waals surface area contributed by atoms with Gasteiger partial charge in [0.15, 0.2) is 0 Å². The first-order valence-corrected chi connectivity index (χ1v) is 8.99. The summed E-state index contributed by atoms with van der Waals surface area (Å²) in [5, 5.41) is 5.26. The number of hydrogen-bond acceptors (Lipinski definition) is 3. The van der Waals surface area contributed by atoms with Gasteiger partial charge in [0.05, 0.1) is 19.0 Å². The first-order chi connectivity index (χ1) is 12.6. The molecule has 150 valence electrons. The molecular weight excluding hydrogens is 359 g/mol. The zero-order valence-electron chi connectivity index (χ0n) is 15.9. The molecular formula is C19H26F3N3O2. The number of hydrogen-bond donors (Lipinski definition) is 2. The molecule has 0 bridgehead atoms. The van der Waals surface area contributed by atoms with Crippen molar-refractivity contribution in [1.29, 1.82) is 0 Å². The van der Waals surface area contributed by atoms with Gasteiger partial charge >= 0.3 is 6.18 Å². The molecule has 2 amide bonds. The minimum Gasteiger partial charge on any atom is -0.346 e. The summed E-state index contributed by atoms with van der Waals surface area (Å²) in [6.07, 6.45) is -3.73. The molecule has 0 saturated carbocycles. The predicted molar refractivity (Wildman–Crippen MR) is 97.5 cm³/mol. The number of nitrogens with one attached hydrogen (secondary N) is 2. The van der Waals surface area contributed by atoms with Gasteiger partial charge in [-0.25, -0.2) is 0 Å². The molecule has 1 heterocycles. The van der Waals surface area contributed by atoms with E-state index in [2.05, 4.69) is 10.6 Å². The SMILES string of the molecule is Cc1cc(C)c(NC(=O)CNC(=O)CN2CCCC(C(F)(F)F)C2)c(C)c1. The molecule has 27 heavy (non-hydrogen) atoms. The van der Waals surface area contributed by atoms with Gasteiger partial charge in [0.2, 0.25) is 11.8 Å². The molecule has 1 atom stereocenters. The maximum absolute atomic E-state index is 12.8. The first-order valence-electron chi connectivity index (χ1n) is 8.99. The molecule has 2 N–H and O–H groups in total. The molecule has 1 aromatic rings. The Bertz CT molecular complexity index is 681. The fourth-order valence-electron chi connectivity index (χ4n) is 3.46. The van der Waals surface area contributed by atoms with Crippen LogP contribution in [-0.2, 0) is 9.59 Å². The fourth-order valence-corrected chi connectivity index (χ4v) is 3.46. The van der Waals surface area contributed by atoms with E-state index >= 15 is 0 Å². The normalized spacial score (nSPS) is 18.2. The molecule has 0 aliphatic carbocycles. The number of likely N-dealkylation sites (tertiary alicyclic amines) is 1. The summed E-state index contributed by atoms with van der Waals surface area (Å²) in [7, 11) is 0. The van der Waals surface area contributed by atoms with E-state index in [0.29, 0.717) is 18.7 Å². The maximum atomic E-state index is 12.8. The molecule has 2 rings (SSSR count). The Hall–Kier alpha value is -2.09. The monoisotopic (exact) mass is 385 g/mol. The van der Waals surface area contributed by atoms with Crippen LogP contribution in [0.1, 0.15) is 29.5 Å². The molecule has 8 heteroatoms. The van der Waals surface area contributed by atoms with E-state index in [9.17, 15) is 22.8 Å². The van der Waals surface area contributed by atoms with Crippen LogP contribution in [0, 0.1) is 26.7 Å². The lowest BCUT2D eigenvalue weighted by Gasteiger charge is -2.33. The van der Waals surface area contributed by atoms with Crippen LogP contribution in [0.5, 0.6) is 0 Å². The molecule has 1 aromatic carbocycles. The second kappa shape index (κ2) is 8.73. The van der Waals surface area contributed by atoms with Gasteiger partial charge in [-0.2, -0.15) is 13.2 Å². The molecule has 1 fully saturated rings. The van der Waals surface area contributed by atoms with Gasteiger partial charge in [0.1, 0.15) is 0 Å². The van der Waals surface area contributed by atoms with Gasteiger partial charge in [-0.3, -0.25) is 14.5 Å². The highest BCUT2D eigenvalue weighted by molar-refractivity contribution is 5.96. The van der Waals surface area contributed by atoms with E-state index in [1.165, 1.54) is 4.90 Å². The number of carbonyl (C=O) groups excluding carboxylic acids is 2. The third kappa shape index (κ3) is 6.23. The van der Waals surface area contributed by atoms with Crippen molar-refractivity contribution in [2.75, 3.05) is 31.5 Å². The molecule has 1 aliphatic rings. The van der Waals surface area contributed by atoms with Crippen molar-refractivity contribution in [1.82, 2.24) is 10.2 Å². The molecule has 1 unspecified atom stereocenters. The zero-order chi connectivity index (χ0) is 20.2. The second-order valence-corrected chi connectivity index (χ2v) is 7.21. The van der Waals surface area contributed by atoms with Crippen molar-refractivity contribution in [3.63, 3.8) is 0 Å². The van der Waals surface area contributed by atoms with Gasteiger partial charge in [0, 0.05) is 12.2 Å². The van der Waals surface area contributed by atoms with Crippen LogP contribution in [0.2, 0.25) is 0 Å². The number of benzene rings is 1. The van der Waals surface area contributed by atoms with Gasteiger partial charge in [-0.15, -0.1) is 0 Å². The molecule has 0 spiro atoms. The van der Waals surface area contributed by atoms with Crippen molar-refractivity contribution < 1.29 is 22.8 Å². The summed E-state index contributed by atoms with van der Waals surface area (Å²) in [6.45, 7) is 5.67. The largest absolute Gasteiger partial charge is 0.393 e. The molecule has 1 aliphatic heterocycles. The van der Waals surface area contributed by atoms with Gasteiger partial charge in [0.25, 0.3) is 0 Å². The summed E-state index contributed by atoms with van der Waals surface area (Å²) in [6, 6.07) is 3.91. The van der Waals surface area contributed by atoms with Crippen LogP contribution >= 0.6 is 0 Å². The Kier molecular flexibility index (Phi) is 6.86. The summed E-state index contributed by atoms with van der Waals surface area (Å²) < 4.78 is 38.5. The van der Waals surface area contributed by atoms with Crippen LogP contribution in [0.15, 0.2) is 12.1 Å². The van der Waals surface area contributed by atoms with Crippen LogP contribution in [-0.4, -0.2) is 49.1 Å². The lowest BCUT2D eigenvalue weighted by molar-refractivity contribution is -0.187.